The third-order valence-electron chi connectivity index (χ3n) is 15.6. The number of aromatic nitrogens is 1. The van der Waals surface area contributed by atoms with Crippen molar-refractivity contribution < 1.29 is 0 Å². The molecule has 3 aliphatic rings. The third kappa shape index (κ3) is 5.21. The first-order valence-electron chi connectivity index (χ1n) is 24.3. The lowest BCUT2D eigenvalue weighted by atomic mass is 9.31. The summed E-state index contributed by atoms with van der Waals surface area (Å²) in [6, 6.07) is 79.8. The Balaban J connectivity index is 1.13. The molecule has 69 heavy (non-hydrogen) atoms. The molecule has 0 saturated heterocycles. The van der Waals surface area contributed by atoms with Gasteiger partial charge in [0, 0.05) is 67.0 Å². The van der Waals surface area contributed by atoms with Crippen molar-refractivity contribution in [1.29, 1.82) is 0 Å². The van der Waals surface area contributed by atoms with E-state index in [0.717, 1.165) is 17.1 Å². The summed E-state index contributed by atoms with van der Waals surface area (Å²) >= 11 is 0. The summed E-state index contributed by atoms with van der Waals surface area (Å²) in [5.74, 6) is 0. The van der Waals surface area contributed by atoms with Crippen LogP contribution < -0.4 is 47.5 Å². The quantitative estimate of drug-likeness (QED) is 0.164. The van der Waals surface area contributed by atoms with Gasteiger partial charge < -0.3 is 19.1 Å². The Morgan fingerprint density at radius 3 is 1.45 bits per heavy atom. The van der Waals surface area contributed by atoms with Crippen LogP contribution in [0, 0.1) is 20.8 Å². The van der Waals surface area contributed by atoms with Gasteiger partial charge in [-0.25, -0.2) is 0 Å². The smallest absolute Gasteiger partial charge is 0.252 e. The lowest BCUT2D eigenvalue weighted by Gasteiger charge is -2.46. The van der Waals surface area contributed by atoms with E-state index in [-0.39, 0.29) is 13.4 Å². The summed E-state index contributed by atoms with van der Waals surface area (Å²) in [7, 11) is 0. The van der Waals surface area contributed by atoms with Gasteiger partial charge in [-0.05, 0) is 127 Å². The van der Waals surface area contributed by atoms with Crippen LogP contribution in [0.4, 0.5) is 51.2 Å². The predicted octanol–water partition coefficient (Wildman–Crippen LogP) is 12.1. The van der Waals surface area contributed by atoms with Crippen LogP contribution in [-0.4, -0.2) is 17.8 Å². The molecule has 12 aromatic rings. The summed E-state index contributed by atoms with van der Waals surface area (Å²) in [6.45, 7) is 6.75. The fourth-order valence-corrected chi connectivity index (χ4v) is 13.1. The van der Waals surface area contributed by atoms with Crippen LogP contribution >= 0.6 is 0 Å². The van der Waals surface area contributed by atoms with Crippen molar-refractivity contribution in [2.45, 2.75) is 20.8 Å². The number of para-hydroxylation sites is 6. The van der Waals surface area contributed by atoms with Crippen molar-refractivity contribution in [2.24, 2.45) is 0 Å². The van der Waals surface area contributed by atoms with Crippen molar-refractivity contribution in [3.05, 3.63) is 229 Å². The van der Waals surface area contributed by atoms with Crippen molar-refractivity contribution in [1.82, 2.24) is 4.40 Å². The molecule has 4 nitrogen and oxygen atoms in total. The van der Waals surface area contributed by atoms with E-state index in [4.69, 9.17) is 0 Å². The van der Waals surface area contributed by atoms with Crippen LogP contribution in [0.25, 0.3) is 38.1 Å². The maximum Gasteiger partial charge on any atom is 0.252 e. The molecule has 5 heterocycles. The third-order valence-corrected chi connectivity index (χ3v) is 15.6. The zero-order valence-corrected chi connectivity index (χ0v) is 38.7. The number of aryl methyl sites for hydroxylation is 3. The van der Waals surface area contributed by atoms with Gasteiger partial charge in [-0.2, -0.15) is 0 Å². The molecule has 0 saturated carbocycles. The van der Waals surface area contributed by atoms with Gasteiger partial charge in [0.2, 0.25) is 6.71 Å². The molecular weight excluding hydrogens is 834 g/mol. The largest absolute Gasteiger partial charge is 0.312 e. The lowest BCUT2D eigenvalue weighted by Crippen LogP contribution is -2.63. The van der Waals surface area contributed by atoms with Crippen molar-refractivity contribution in [3.8, 4) is 0 Å². The molecule has 0 radical (unpaired) electrons. The lowest BCUT2D eigenvalue weighted by molar-refractivity contribution is 1.25. The van der Waals surface area contributed by atoms with E-state index in [0.29, 0.717) is 0 Å². The predicted molar refractivity (Wildman–Crippen MR) is 295 cm³/mol. The minimum atomic E-state index is -0.0990. The molecule has 2 aromatic heterocycles. The molecule has 0 atom stereocenters. The molecule has 6 heteroatoms. The maximum atomic E-state index is 2.60. The summed E-state index contributed by atoms with van der Waals surface area (Å²) in [5, 5.41) is 5.14. The molecule has 0 bridgehead atoms. The number of hydrogen-bond donors (Lipinski definition) is 0. The van der Waals surface area contributed by atoms with Gasteiger partial charge in [-0.3, -0.25) is 0 Å². The highest BCUT2D eigenvalue weighted by atomic mass is 15.2. The Bertz CT molecular complexity index is 4070. The molecule has 0 amide bonds. The molecule has 0 aliphatic carbocycles. The molecule has 0 spiro atoms. The molecule has 3 aliphatic heterocycles. The van der Waals surface area contributed by atoms with Crippen LogP contribution in [0.2, 0.25) is 0 Å². The van der Waals surface area contributed by atoms with E-state index < -0.39 is 0 Å². The van der Waals surface area contributed by atoms with Gasteiger partial charge in [-0.1, -0.05) is 156 Å². The van der Waals surface area contributed by atoms with Crippen LogP contribution in [0.5, 0.6) is 0 Å². The van der Waals surface area contributed by atoms with Crippen LogP contribution in [0.1, 0.15) is 16.7 Å². The monoisotopic (exact) mass is 878 g/mol. The molecule has 0 unspecified atom stereocenters. The number of rotatable bonds is 4. The molecule has 0 N–H and O–H groups in total. The van der Waals surface area contributed by atoms with Gasteiger partial charge in [0.1, 0.15) is 0 Å². The van der Waals surface area contributed by atoms with Crippen LogP contribution in [0.15, 0.2) is 212 Å². The molecular formula is C63H44B2N4. The van der Waals surface area contributed by atoms with Crippen LogP contribution in [0.3, 0.4) is 0 Å². The number of hydrogen-bond acceptors (Lipinski definition) is 3. The van der Waals surface area contributed by atoms with Gasteiger partial charge in [0.15, 0.2) is 0 Å². The summed E-state index contributed by atoms with van der Waals surface area (Å²) in [5.41, 5.74) is 26.4. The Morgan fingerprint density at radius 2 is 0.812 bits per heavy atom. The fourth-order valence-electron chi connectivity index (χ4n) is 13.1. The molecule has 10 aromatic carbocycles. The molecule has 15 rings (SSSR count). The SMILES string of the molecule is Cc1cc(C)c(B2c3ccccc3N(c3ccccc3)c3cc4c(cc32)N(c2ccccc2)c2cccc3c2B4c2cc4c5ccccc5n5c6ccccc6c(c2N3c2ccccc2)c45)c(C)c1. The molecule has 0 fully saturated rings. The van der Waals surface area contributed by atoms with E-state index in [2.05, 4.69) is 252 Å². The van der Waals surface area contributed by atoms with Crippen molar-refractivity contribution in [2.75, 3.05) is 14.7 Å². The fraction of sp³-hybridized carbons (Fsp3) is 0.0476. The maximum absolute atomic E-state index is 2.60. The highest BCUT2D eigenvalue weighted by Gasteiger charge is 2.47. The number of benzene rings is 10. The second-order valence-electron chi connectivity index (χ2n) is 19.4. The van der Waals surface area contributed by atoms with Crippen molar-refractivity contribution >= 4 is 135 Å². The Morgan fingerprint density at radius 1 is 0.333 bits per heavy atom. The highest BCUT2D eigenvalue weighted by molar-refractivity contribution is 7.02. The Kier molecular flexibility index (Phi) is 7.99. The van der Waals surface area contributed by atoms with E-state index in [1.165, 1.54) is 122 Å². The standard InChI is InChI=1S/C63H44B2N4/c1-39-34-40(2)60(41(3)35-39)64-48-28-15-18-31-54(48)66(42-20-7-4-8-21-42)57-38-50-58(37-49(57)64)67(43-22-9-5-10-23-43)55-32-19-33-56-61(55)65(50)51-36-47-45-26-13-16-29-52(45)69-53-30-17-14-27-46(53)59(62(47)69)63(51)68(56)44-24-11-6-12-25-44/h4-38H,1-3H3. The average Bonchev–Trinajstić information content (AvgIpc) is 3.91. The first-order chi connectivity index (χ1) is 34.0. The second-order valence-corrected chi connectivity index (χ2v) is 19.4. The van der Waals surface area contributed by atoms with Crippen LogP contribution in [-0.2, 0) is 0 Å². The minimum absolute atomic E-state index is 0.00241. The Labute approximate surface area is 402 Å². The zero-order valence-electron chi connectivity index (χ0n) is 38.7. The normalized spacial score (nSPS) is 13.6. The van der Waals surface area contributed by atoms with E-state index in [1.54, 1.807) is 0 Å². The zero-order chi connectivity index (χ0) is 45.6. The average molecular weight is 879 g/mol. The second kappa shape index (κ2) is 14.3. The van der Waals surface area contributed by atoms with Crippen molar-refractivity contribution in [3.63, 3.8) is 0 Å². The minimum Gasteiger partial charge on any atom is -0.312 e. The first kappa shape index (κ1) is 38.6. The summed E-state index contributed by atoms with van der Waals surface area (Å²) in [4.78, 5) is 7.69. The van der Waals surface area contributed by atoms with E-state index in [9.17, 15) is 0 Å². The van der Waals surface area contributed by atoms with Gasteiger partial charge >= 0.3 is 0 Å². The summed E-state index contributed by atoms with van der Waals surface area (Å²) < 4.78 is 2.53. The number of nitrogens with zero attached hydrogens (tertiary/aromatic N) is 4. The first-order valence-corrected chi connectivity index (χ1v) is 24.3. The van der Waals surface area contributed by atoms with Gasteiger partial charge in [0.05, 0.1) is 22.2 Å². The number of fused-ring (bicyclic) bond motifs is 13. The number of anilines is 9. The van der Waals surface area contributed by atoms with Gasteiger partial charge in [-0.15, -0.1) is 0 Å². The van der Waals surface area contributed by atoms with E-state index >= 15 is 0 Å². The summed E-state index contributed by atoms with van der Waals surface area (Å²) in [6.07, 6.45) is 0. The van der Waals surface area contributed by atoms with E-state index in [1.807, 2.05) is 0 Å². The highest BCUT2D eigenvalue weighted by Crippen LogP contribution is 2.50. The molecule has 322 valence electrons. The van der Waals surface area contributed by atoms with Gasteiger partial charge in [0.25, 0.3) is 6.71 Å². The topological polar surface area (TPSA) is 14.1 Å². The Hall–Kier alpha value is -8.47.